The van der Waals surface area contributed by atoms with Crippen LogP contribution < -0.4 is 14.8 Å². The van der Waals surface area contributed by atoms with Gasteiger partial charge >= 0.3 is 6.09 Å². The van der Waals surface area contributed by atoms with Crippen molar-refractivity contribution in [2.75, 3.05) is 20.3 Å². The van der Waals surface area contributed by atoms with Crippen molar-refractivity contribution in [3.8, 4) is 11.6 Å². The van der Waals surface area contributed by atoms with Crippen LogP contribution in [-0.2, 0) is 25.0 Å². The number of halogens is 2. The van der Waals surface area contributed by atoms with Gasteiger partial charge in [0.15, 0.2) is 5.69 Å². The van der Waals surface area contributed by atoms with Gasteiger partial charge in [0.2, 0.25) is 11.8 Å². The Balaban J connectivity index is 1.41. The second-order valence-corrected chi connectivity index (χ2v) is 14.0. The highest BCUT2D eigenvalue weighted by atomic mass is 19.3. The second-order valence-electron chi connectivity index (χ2n) is 14.0. The van der Waals surface area contributed by atoms with Crippen molar-refractivity contribution in [3.05, 3.63) is 23.9 Å². The fourth-order valence-electron chi connectivity index (χ4n) is 7.29. The number of aldehydes is 1. The van der Waals surface area contributed by atoms with Crippen LogP contribution in [0.4, 0.5) is 13.6 Å². The maximum Gasteiger partial charge on any atom is 0.408 e. The van der Waals surface area contributed by atoms with Crippen LogP contribution in [0.5, 0.6) is 11.6 Å². The number of methoxy groups -OCH3 is 1. The van der Waals surface area contributed by atoms with Crippen LogP contribution in [0.25, 0.3) is 11.0 Å². The zero-order chi connectivity index (χ0) is 33.0. The number of alkyl halides is 2. The normalized spacial score (nSPS) is 33.0. The van der Waals surface area contributed by atoms with E-state index < -0.39 is 71.8 Å². The Labute approximate surface area is 266 Å². The van der Waals surface area contributed by atoms with Crippen molar-refractivity contribution in [1.29, 1.82) is 0 Å². The van der Waals surface area contributed by atoms with Gasteiger partial charge in [0.05, 0.1) is 36.8 Å². The topological polar surface area (TPSA) is 129 Å². The highest BCUT2D eigenvalue weighted by Crippen LogP contribution is 2.54. The number of benzene rings is 1. The fraction of sp³-hybridized carbons (Fsp3) is 0.667. The van der Waals surface area contributed by atoms with Crippen molar-refractivity contribution in [3.63, 3.8) is 0 Å². The Hall–Kier alpha value is -3.61. The molecule has 2 aromatic rings. The summed E-state index contributed by atoms with van der Waals surface area (Å²) in [5.41, 5.74) is -0.821. The Kier molecular flexibility index (Phi) is 8.58. The number of hydrogen-bond donors (Lipinski definition) is 1. The number of alkyl carbamates (subject to hydrolysis) is 1. The van der Waals surface area contributed by atoms with Crippen LogP contribution in [0.2, 0.25) is 0 Å². The molecular formula is C33H42F2N4O7. The largest absolute Gasteiger partial charge is 0.497 e. The van der Waals surface area contributed by atoms with Gasteiger partial charge in [0, 0.05) is 25.0 Å². The maximum atomic E-state index is 16.1. The summed E-state index contributed by atoms with van der Waals surface area (Å²) < 4.78 is 55.5. The molecule has 4 aliphatic rings. The van der Waals surface area contributed by atoms with Crippen molar-refractivity contribution in [2.24, 2.45) is 23.2 Å². The number of aromatic nitrogens is 2. The summed E-state index contributed by atoms with van der Waals surface area (Å²) in [7, 11) is 1.49. The number of ether oxygens (including phenoxy) is 4. The van der Waals surface area contributed by atoms with Gasteiger partial charge in [-0.1, -0.05) is 27.7 Å². The molecule has 1 saturated heterocycles. The average Bonchev–Trinajstić information content (AvgIpc) is 3.55. The molecule has 6 rings (SSSR count). The highest BCUT2D eigenvalue weighted by Gasteiger charge is 2.56. The van der Waals surface area contributed by atoms with E-state index in [0.29, 0.717) is 36.3 Å². The molecule has 1 N–H and O–H groups in total. The summed E-state index contributed by atoms with van der Waals surface area (Å²) in [5, 5.41) is 2.77. The van der Waals surface area contributed by atoms with Crippen molar-refractivity contribution >= 4 is 29.3 Å². The maximum absolute atomic E-state index is 16.1. The van der Waals surface area contributed by atoms with Gasteiger partial charge in [0.25, 0.3) is 5.92 Å². The van der Waals surface area contributed by atoms with Crippen LogP contribution in [0.15, 0.2) is 18.2 Å². The first kappa shape index (κ1) is 32.3. The van der Waals surface area contributed by atoms with E-state index >= 15 is 8.78 Å². The minimum Gasteiger partial charge on any atom is -0.497 e. The lowest BCUT2D eigenvalue weighted by molar-refractivity contribution is -0.139. The average molecular weight is 645 g/mol. The summed E-state index contributed by atoms with van der Waals surface area (Å²) in [5.74, 6) is -3.79. The van der Waals surface area contributed by atoms with E-state index in [1.807, 2.05) is 27.7 Å². The number of carbonyl (C=O) groups excluding carboxylic acids is 3. The standard InChI is InChI=1S/C33H42F2N4O7/c1-6-19-23(16-40)39-15-25(19)45-29-27(36-21-9-8-18(43-5)14-22(21)37-29)33(34,35)10-7-11-44-26-20-12-17(20)13-24(26)46-31(42)38-28(30(39)41)32(2,3)4/h8-9,14,16-17,19-20,23-26,28H,6-7,10-13,15H2,1-5H3,(H,38,42)/t17?,19-,20?,23?,24+,25-,26+,28+/m0/s1. The lowest BCUT2D eigenvalue weighted by atomic mass is 9.85. The molecule has 11 nitrogen and oxygen atoms in total. The molecule has 2 saturated carbocycles. The molecule has 0 radical (unpaired) electrons. The minimum absolute atomic E-state index is 0.0180. The molecule has 8 atom stereocenters. The van der Waals surface area contributed by atoms with E-state index in [1.54, 1.807) is 18.2 Å². The molecule has 1 aromatic heterocycles. The van der Waals surface area contributed by atoms with Crippen molar-refractivity contribution in [2.45, 2.75) is 96.1 Å². The zero-order valence-electron chi connectivity index (χ0n) is 26.8. The SMILES string of the molecule is CC[C@H]1C(C=O)N2C[C@@H]1Oc1nc3cc(OC)ccc3nc1C(F)(F)CCCO[C@@H]1C3CC3C[C@H]1OC(=O)N[C@@H](C(C)(C)C)C2=O. The number of carbonyl (C=O) groups is 3. The number of amides is 2. The summed E-state index contributed by atoms with van der Waals surface area (Å²) in [4.78, 5) is 50.1. The fourth-order valence-corrected chi connectivity index (χ4v) is 7.29. The monoisotopic (exact) mass is 644 g/mol. The van der Waals surface area contributed by atoms with Gasteiger partial charge in [-0.25, -0.2) is 14.8 Å². The number of hydrogen-bond acceptors (Lipinski definition) is 9. The van der Waals surface area contributed by atoms with Gasteiger partial charge < -0.3 is 34.0 Å². The zero-order valence-corrected chi connectivity index (χ0v) is 26.8. The number of rotatable bonds is 3. The van der Waals surface area contributed by atoms with Gasteiger partial charge in [-0.3, -0.25) is 4.79 Å². The quantitative estimate of drug-likeness (QED) is 0.475. The third kappa shape index (κ3) is 6.10. The molecule has 13 heteroatoms. The van der Waals surface area contributed by atoms with Crippen LogP contribution >= 0.6 is 0 Å². The van der Waals surface area contributed by atoms with E-state index in [4.69, 9.17) is 18.9 Å². The third-order valence-corrected chi connectivity index (χ3v) is 9.88. The Morgan fingerprint density at radius 3 is 2.61 bits per heavy atom. The first-order valence-corrected chi connectivity index (χ1v) is 16.1. The first-order chi connectivity index (χ1) is 21.8. The molecule has 46 heavy (non-hydrogen) atoms. The molecule has 3 unspecified atom stereocenters. The molecule has 1 aromatic carbocycles. The smallest absolute Gasteiger partial charge is 0.408 e. The van der Waals surface area contributed by atoms with Crippen LogP contribution in [0, 0.1) is 23.2 Å². The van der Waals surface area contributed by atoms with Crippen molar-refractivity contribution < 1.29 is 42.1 Å². The molecule has 2 aliphatic heterocycles. The molecule has 0 spiro atoms. The third-order valence-electron chi connectivity index (χ3n) is 9.88. The molecule has 2 aliphatic carbocycles. The predicted octanol–water partition coefficient (Wildman–Crippen LogP) is 4.64. The van der Waals surface area contributed by atoms with Crippen LogP contribution in [-0.4, -0.2) is 83.8 Å². The molecule has 2 amide bonds. The summed E-state index contributed by atoms with van der Waals surface area (Å²) >= 11 is 0. The van der Waals surface area contributed by atoms with Gasteiger partial charge in [-0.05, 0) is 55.1 Å². The van der Waals surface area contributed by atoms with Gasteiger partial charge in [-0.15, -0.1) is 0 Å². The Morgan fingerprint density at radius 1 is 1.13 bits per heavy atom. The summed E-state index contributed by atoms with van der Waals surface area (Å²) in [6.45, 7) is 7.23. The summed E-state index contributed by atoms with van der Waals surface area (Å²) in [6, 6.07) is 2.81. The molecule has 250 valence electrons. The molecule has 3 fully saturated rings. The number of fused-ring (bicyclic) bond motifs is 7. The summed E-state index contributed by atoms with van der Waals surface area (Å²) in [6.07, 6.45) is -0.489. The highest BCUT2D eigenvalue weighted by molar-refractivity contribution is 5.89. The second kappa shape index (κ2) is 12.2. The predicted molar refractivity (Wildman–Crippen MR) is 162 cm³/mol. The van der Waals surface area contributed by atoms with Crippen LogP contribution in [0.3, 0.4) is 0 Å². The lowest BCUT2D eigenvalue weighted by Crippen LogP contribution is -2.57. The number of nitrogens with one attached hydrogen (secondary N) is 1. The lowest BCUT2D eigenvalue weighted by Gasteiger charge is -2.35. The molecule has 2 bridgehead atoms. The first-order valence-electron chi connectivity index (χ1n) is 16.1. The van der Waals surface area contributed by atoms with Gasteiger partial charge in [-0.2, -0.15) is 8.78 Å². The van der Waals surface area contributed by atoms with E-state index in [0.717, 1.165) is 6.42 Å². The molecule has 3 heterocycles. The van der Waals surface area contributed by atoms with Crippen molar-refractivity contribution in [1.82, 2.24) is 20.2 Å². The number of nitrogens with zero attached hydrogens (tertiary/aromatic N) is 3. The van der Waals surface area contributed by atoms with Crippen LogP contribution in [0.1, 0.15) is 65.5 Å². The molecular weight excluding hydrogens is 602 g/mol. The van der Waals surface area contributed by atoms with E-state index in [9.17, 15) is 14.4 Å². The minimum atomic E-state index is -3.43. The van der Waals surface area contributed by atoms with E-state index in [1.165, 1.54) is 12.0 Å². The Morgan fingerprint density at radius 2 is 1.91 bits per heavy atom. The van der Waals surface area contributed by atoms with Gasteiger partial charge in [0.1, 0.15) is 30.3 Å². The Bertz CT molecular complexity index is 1500. The van der Waals surface area contributed by atoms with E-state index in [-0.39, 0.29) is 36.9 Å². The van der Waals surface area contributed by atoms with E-state index in [2.05, 4.69) is 15.3 Å².